The van der Waals surface area contributed by atoms with Gasteiger partial charge in [0.25, 0.3) is 0 Å². The molecule has 2 rings (SSSR count). The molecule has 0 spiro atoms. The lowest BCUT2D eigenvalue weighted by atomic mass is 10.3. The molecule has 0 aliphatic rings. The molecule has 0 saturated carbocycles. The van der Waals surface area contributed by atoms with Gasteiger partial charge in [0.15, 0.2) is 0 Å². The Morgan fingerprint density at radius 3 is 3.00 bits per heavy atom. The molecule has 0 fully saturated rings. The lowest BCUT2D eigenvalue weighted by Gasteiger charge is -2.05. The van der Waals surface area contributed by atoms with Crippen molar-refractivity contribution < 1.29 is 4.42 Å². The van der Waals surface area contributed by atoms with Gasteiger partial charge in [-0.3, -0.25) is 4.98 Å². The number of aryl methyl sites for hydroxylation is 1. The zero-order chi connectivity index (χ0) is 13.0. The zero-order valence-electron chi connectivity index (χ0n) is 10.0. The van der Waals surface area contributed by atoms with Crippen LogP contribution in [0.3, 0.4) is 0 Å². The minimum Gasteiger partial charge on any atom is -0.444 e. The summed E-state index contributed by atoms with van der Waals surface area (Å²) in [4.78, 5) is 8.51. The standard InChI is InChI=1S/C12H14N4OS/c1-2-9-6-16-11(17-9)7-15-8-3-4-14-10(5-8)12(13)18/h3-6H,2,7H2,1H3,(H2,13,18)(H,14,15). The summed E-state index contributed by atoms with van der Waals surface area (Å²) in [7, 11) is 0. The molecule has 0 atom stereocenters. The molecular weight excluding hydrogens is 248 g/mol. The van der Waals surface area contributed by atoms with Gasteiger partial charge in [0.2, 0.25) is 5.89 Å². The first kappa shape index (κ1) is 12.5. The zero-order valence-corrected chi connectivity index (χ0v) is 10.8. The first-order valence-electron chi connectivity index (χ1n) is 5.62. The number of nitrogens with two attached hydrogens (primary N) is 1. The molecule has 5 nitrogen and oxygen atoms in total. The van der Waals surface area contributed by atoms with E-state index in [9.17, 15) is 0 Å². The first-order valence-corrected chi connectivity index (χ1v) is 6.03. The second-order valence-electron chi connectivity index (χ2n) is 3.72. The number of anilines is 1. The first-order chi connectivity index (χ1) is 8.69. The summed E-state index contributed by atoms with van der Waals surface area (Å²) in [5, 5.41) is 3.18. The summed E-state index contributed by atoms with van der Waals surface area (Å²) < 4.78 is 5.49. The second-order valence-corrected chi connectivity index (χ2v) is 4.16. The highest BCUT2D eigenvalue weighted by Crippen LogP contribution is 2.11. The fourth-order valence-corrected chi connectivity index (χ4v) is 1.56. The highest BCUT2D eigenvalue weighted by atomic mass is 32.1. The van der Waals surface area contributed by atoms with E-state index in [0.717, 1.165) is 17.9 Å². The number of nitrogens with zero attached hydrogens (tertiary/aromatic N) is 2. The van der Waals surface area contributed by atoms with Crippen molar-refractivity contribution in [2.24, 2.45) is 5.73 Å². The van der Waals surface area contributed by atoms with Crippen LogP contribution in [0.4, 0.5) is 5.69 Å². The summed E-state index contributed by atoms with van der Waals surface area (Å²) in [6.07, 6.45) is 4.24. The van der Waals surface area contributed by atoms with E-state index in [4.69, 9.17) is 22.4 Å². The van der Waals surface area contributed by atoms with Crippen molar-refractivity contribution >= 4 is 22.9 Å². The van der Waals surface area contributed by atoms with Gasteiger partial charge < -0.3 is 15.5 Å². The number of nitrogens with one attached hydrogen (secondary N) is 1. The molecule has 0 amide bonds. The van der Waals surface area contributed by atoms with Crippen LogP contribution in [-0.4, -0.2) is 15.0 Å². The van der Waals surface area contributed by atoms with Gasteiger partial charge >= 0.3 is 0 Å². The Morgan fingerprint density at radius 1 is 1.50 bits per heavy atom. The Labute approximate surface area is 110 Å². The third-order valence-electron chi connectivity index (χ3n) is 2.41. The van der Waals surface area contributed by atoms with E-state index in [1.54, 1.807) is 18.5 Å². The largest absolute Gasteiger partial charge is 0.444 e. The molecule has 2 heterocycles. The molecule has 0 aromatic carbocycles. The molecule has 3 N–H and O–H groups in total. The summed E-state index contributed by atoms with van der Waals surface area (Å²) >= 11 is 4.87. The van der Waals surface area contributed by atoms with Gasteiger partial charge in [0.1, 0.15) is 10.7 Å². The van der Waals surface area contributed by atoms with Crippen molar-refractivity contribution in [1.82, 2.24) is 9.97 Å². The van der Waals surface area contributed by atoms with Crippen molar-refractivity contribution in [2.75, 3.05) is 5.32 Å². The number of hydrogen-bond acceptors (Lipinski definition) is 5. The van der Waals surface area contributed by atoms with Crippen molar-refractivity contribution in [2.45, 2.75) is 19.9 Å². The van der Waals surface area contributed by atoms with Crippen LogP contribution in [0.2, 0.25) is 0 Å². The molecule has 0 saturated heterocycles. The number of thiocarbonyl (C=S) groups is 1. The lowest BCUT2D eigenvalue weighted by Crippen LogP contribution is -2.12. The predicted molar refractivity (Wildman–Crippen MR) is 73.3 cm³/mol. The van der Waals surface area contributed by atoms with Crippen molar-refractivity contribution in [1.29, 1.82) is 0 Å². The van der Waals surface area contributed by atoms with Crippen LogP contribution in [0.5, 0.6) is 0 Å². The predicted octanol–water partition coefficient (Wildman–Crippen LogP) is 1.88. The summed E-state index contributed by atoms with van der Waals surface area (Å²) in [6, 6.07) is 3.64. The molecule has 2 aromatic heterocycles. The summed E-state index contributed by atoms with van der Waals surface area (Å²) in [6.45, 7) is 2.54. The smallest absolute Gasteiger partial charge is 0.213 e. The number of pyridine rings is 1. The monoisotopic (exact) mass is 262 g/mol. The normalized spacial score (nSPS) is 10.3. The maximum absolute atomic E-state index is 5.52. The number of rotatable bonds is 5. The average molecular weight is 262 g/mol. The van der Waals surface area contributed by atoms with Crippen LogP contribution in [-0.2, 0) is 13.0 Å². The third-order valence-corrected chi connectivity index (χ3v) is 2.62. The fraction of sp³-hybridized carbons (Fsp3) is 0.250. The second kappa shape index (κ2) is 5.59. The van der Waals surface area contributed by atoms with Crippen LogP contribution in [0.25, 0.3) is 0 Å². The maximum Gasteiger partial charge on any atom is 0.213 e. The Hall–Kier alpha value is -1.95. The molecule has 2 aromatic rings. The molecule has 0 aliphatic heterocycles. The van der Waals surface area contributed by atoms with Crippen molar-refractivity contribution in [3.8, 4) is 0 Å². The van der Waals surface area contributed by atoms with E-state index in [0.29, 0.717) is 18.1 Å². The Bertz CT molecular complexity index is 553. The van der Waals surface area contributed by atoms with Crippen molar-refractivity contribution in [3.63, 3.8) is 0 Å². The summed E-state index contributed by atoms with van der Waals surface area (Å²) in [5.74, 6) is 1.53. The lowest BCUT2D eigenvalue weighted by molar-refractivity contribution is 0.466. The molecule has 0 unspecified atom stereocenters. The van der Waals surface area contributed by atoms with Crippen molar-refractivity contribution in [3.05, 3.63) is 41.9 Å². The third kappa shape index (κ3) is 3.04. The highest BCUT2D eigenvalue weighted by molar-refractivity contribution is 7.80. The minimum atomic E-state index is 0.281. The molecule has 94 valence electrons. The van der Waals surface area contributed by atoms with Gasteiger partial charge in [-0.1, -0.05) is 19.1 Å². The molecule has 18 heavy (non-hydrogen) atoms. The van der Waals surface area contributed by atoms with E-state index >= 15 is 0 Å². The van der Waals surface area contributed by atoms with Gasteiger partial charge in [-0.05, 0) is 12.1 Å². The van der Waals surface area contributed by atoms with E-state index < -0.39 is 0 Å². The van der Waals surface area contributed by atoms with E-state index in [2.05, 4.69) is 15.3 Å². The number of hydrogen-bond donors (Lipinski definition) is 2. The molecule has 0 aliphatic carbocycles. The highest BCUT2D eigenvalue weighted by Gasteiger charge is 2.03. The van der Waals surface area contributed by atoms with E-state index in [1.807, 2.05) is 13.0 Å². The van der Waals surface area contributed by atoms with Crippen LogP contribution in [0, 0.1) is 0 Å². The van der Waals surface area contributed by atoms with Gasteiger partial charge in [-0.15, -0.1) is 0 Å². The van der Waals surface area contributed by atoms with E-state index in [-0.39, 0.29) is 4.99 Å². The number of aromatic nitrogens is 2. The summed E-state index contributed by atoms with van der Waals surface area (Å²) in [5.41, 5.74) is 6.99. The minimum absolute atomic E-state index is 0.281. The molecular formula is C12H14N4OS. The van der Waals surface area contributed by atoms with Crippen LogP contribution in [0.1, 0.15) is 24.3 Å². The van der Waals surface area contributed by atoms with Gasteiger partial charge in [0, 0.05) is 18.3 Å². The van der Waals surface area contributed by atoms with Crippen LogP contribution < -0.4 is 11.1 Å². The number of oxazole rings is 1. The Balaban J connectivity index is 2.01. The maximum atomic E-state index is 5.52. The Morgan fingerprint density at radius 2 is 2.33 bits per heavy atom. The van der Waals surface area contributed by atoms with Gasteiger partial charge in [-0.25, -0.2) is 4.98 Å². The van der Waals surface area contributed by atoms with Crippen LogP contribution >= 0.6 is 12.2 Å². The Kier molecular flexibility index (Phi) is 3.88. The van der Waals surface area contributed by atoms with E-state index in [1.165, 1.54) is 0 Å². The van der Waals surface area contributed by atoms with Crippen LogP contribution in [0.15, 0.2) is 28.9 Å². The van der Waals surface area contributed by atoms with Gasteiger partial charge in [-0.2, -0.15) is 0 Å². The quantitative estimate of drug-likeness (QED) is 0.801. The topological polar surface area (TPSA) is 77.0 Å². The molecule has 0 bridgehead atoms. The SMILES string of the molecule is CCc1cnc(CNc2ccnc(C(N)=S)c2)o1. The molecule has 6 heteroatoms. The average Bonchev–Trinajstić information content (AvgIpc) is 2.84. The fourth-order valence-electron chi connectivity index (χ4n) is 1.45. The molecule has 0 radical (unpaired) electrons. The van der Waals surface area contributed by atoms with Gasteiger partial charge in [0.05, 0.1) is 18.4 Å².